The molecule has 4 nitrogen and oxygen atoms in total. The fraction of sp³-hybridized carbons (Fsp3) is 0.333. The Morgan fingerprint density at radius 2 is 2.55 bits per heavy atom. The molecule has 0 spiro atoms. The van der Waals surface area contributed by atoms with Gasteiger partial charge >= 0.3 is 0 Å². The Morgan fingerprint density at radius 3 is 2.91 bits per heavy atom. The zero-order valence-corrected chi connectivity index (χ0v) is 7.27. The number of nitrogens with two attached hydrogens (primary N) is 1. The summed E-state index contributed by atoms with van der Waals surface area (Å²) in [5.74, 6) is 5.83. The Hall–Kier alpha value is -0.940. The van der Waals surface area contributed by atoms with E-state index in [9.17, 15) is 0 Å². The number of amidine groups is 1. The Labute approximate surface area is 69.1 Å². The van der Waals surface area contributed by atoms with Gasteiger partial charge in [0.15, 0.2) is 5.84 Å². The zero-order valence-electron chi connectivity index (χ0n) is 6.46. The van der Waals surface area contributed by atoms with Crippen molar-refractivity contribution in [2.24, 2.45) is 10.8 Å². The fourth-order valence-electron chi connectivity index (χ4n) is 0.725. The van der Waals surface area contributed by atoms with E-state index in [1.165, 1.54) is 0 Å². The third kappa shape index (κ3) is 1.75. The van der Waals surface area contributed by atoms with E-state index in [0.717, 1.165) is 10.7 Å². The normalized spacial score (nSPS) is 11.7. The van der Waals surface area contributed by atoms with Crippen LogP contribution in [-0.2, 0) is 0 Å². The Kier molecular flexibility index (Phi) is 2.56. The van der Waals surface area contributed by atoms with Crippen LogP contribution in [0.15, 0.2) is 10.4 Å². The first-order valence-electron chi connectivity index (χ1n) is 3.14. The van der Waals surface area contributed by atoms with Crippen molar-refractivity contribution in [3.05, 3.63) is 16.1 Å². The van der Waals surface area contributed by atoms with Crippen LogP contribution in [0.25, 0.3) is 0 Å². The van der Waals surface area contributed by atoms with Crippen molar-refractivity contribution in [1.82, 2.24) is 10.4 Å². The third-order valence-corrected chi connectivity index (χ3v) is 2.00. The molecule has 1 aromatic rings. The maximum Gasteiger partial charge on any atom is 0.162 e. The number of aromatic nitrogens is 1. The monoisotopic (exact) mass is 170 g/mol. The minimum Gasteiger partial charge on any atom is -0.307 e. The van der Waals surface area contributed by atoms with Gasteiger partial charge in [-0.05, 0) is 6.92 Å². The maximum absolute atomic E-state index is 5.21. The lowest BCUT2D eigenvalue weighted by atomic mass is 10.4. The van der Waals surface area contributed by atoms with Crippen LogP contribution in [0.3, 0.4) is 0 Å². The second-order valence-corrected chi connectivity index (χ2v) is 3.03. The fourth-order valence-corrected chi connectivity index (χ4v) is 1.32. The van der Waals surface area contributed by atoms with Gasteiger partial charge in [0.25, 0.3) is 0 Å². The number of thiazole rings is 1. The van der Waals surface area contributed by atoms with E-state index in [1.807, 2.05) is 12.3 Å². The number of nitrogens with zero attached hydrogens (tertiary/aromatic N) is 2. The van der Waals surface area contributed by atoms with Gasteiger partial charge in [-0.2, -0.15) is 0 Å². The van der Waals surface area contributed by atoms with Crippen LogP contribution in [-0.4, -0.2) is 17.9 Å². The molecular formula is C6H10N4S. The standard InChI is InChI=1S/C6H10N4S/c1-4-9-5(3-11-4)6(8-2)10-7/h3H,7H2,1-2H3,(H,8,10). The van der Waals surface area contributed by atoms with E-state index in [2.05, 4.69) is 15.4 Å². The quantitative estimate of drug-likeness (QED) is 0.275. The lowest BCUT2D eigenvalue weighted by Crippen LogP contribution is -2.31. The minimum atomic E-state index is 0.620. The molecule has 0 aromatic carbocycles. The smallest absolute Gasteiger partial charge is 0.162 e. The summed E-state index contributed by atoms with van der Waals surface area (Å²) in [7, 11) is 1.67. The van der Waals surface area contributed by atoms with Gasteiger partial charge in [-0.3, -0.25) is 4.99 Å². The Bertz CT molecular complexity index is 265. The molecule has 11 heavy (non-hydrogen) atoms. The highest BCUT2D eigenvalue weighted by atomic mass is 32.1. The Morgan fingerprint density at radius 1 is 1.82 bits per heavy atom. The second kappa shape index (κ2) is 3.45. The number of nitrogens with one attached hydrogen (secondary N) is 1. The molecule has 1 heterocycles. The number of hydrogen-bond acceptors (Lipinski definition) is 4. The van der Waals surface area contributed by atoms with E-state index < -0.39 is 0 Å². The highest BCUT2D eigenvalue weighted by Crippen LogP contribution is 2.07. The van der Waals surface area contributed by atoms with Crippen molar-refractivity contribution in [2.45, 2.75) is 6.92 Å². The van der Waals surface area contributed by atoms with Crippen LogP contribution in [0, 0.1) is 6.92 Å². The summed E-state index contributed by atoms with van der Waals surface area (Å²) in [4.78, 5) is 8.11. The SMILES string of the molecule is CN=C(NN)c1csc(C)n1. The van der Waals surface area contributed by atoms with Gasteiger partial charge in [-0.1, -0.05) is 0 Å². The molecule has 0 atom stereocenters. The van der Waals surface area contributed by atoms with Crippen LogP contribution in [0.4, 0.5) is 0 Å². The van der Waals surface area contributed by atoms with Gasteiger partial charge in [0.2, 0.25) is 0 Å². The molecule has 0 bridgehead atoms. The van der Waals surface area contributed by atoms with Crippen LogP contribution >= 0.6 is 11.3 Å². The van der Waals surface area contributed by atoms with E-state index in [4.69, 9.17) is 5.84 Å². The number of aryl methyl sites for hydroxylation is 1. The summed E-state index contributed by atoms with van der Waals surface area (Å²) in [6, 6.07) is 0. The van der Waals surface area contributed by atoms with Crippen LogP contribution in [0.1, 0.15) is 10.7 Å². The maximum atomic E-state index is 5.21. The van der Waals surface area contributed by atoms with Gasteiger partial charge in [0.05, 0.1) is 5.01 Å². The van der Waals surface area contributed by atoms with Crippen molar-refractivity contribution in [3.8, 4) is 0 Å². The third-order valence-electron chi connectivity index (χ3n) is 1.22. The molecule has 1 aromatic heterocycles. The number of hydrazine groups is 1. The molecule has 0 saturated carbocycles. The van der Waals surface area contributed by atoms with Crippen molar-refractivity contribution in [3.63, 3.8) is 0 Å². The molecule has 3 N–H and O–H groups in total. The first kappa shape index (κ1) is 8.16. The minimum absolute atomic E-state index is 0.620. The average molecular weight is 170 g/mol. The van der Waals surface area contributed by atoms with Crippen LogP contribution in [0.2, 0.25) is 0 Å². The first-order valence-corrected chi connectivity index (χ1v) is 4.01. The number of rotatable bonds is 1. The van der Waals surface area contributed by atoms with Gasteiger partial charge in [-0.25, -0.2) is 10.8 Å². The van der Waals surface area contributed by atoms with Crippen LogP contribution < -0.4 is 11.3 Å². The molecule has 0 amide bonds. The molecule has 0 radical (unpaired) electrons. The lowest BCUT2D eigenvalue weighted by Gasteiger charge is -1.97. The van der Waals surface area contributed by atoms with Gasteiger partial charge in [0.1, 0.15) is 5.69 Å². The molecule has 0 aliphatic carbocycles. The van der Waals surface area contributed by atoms with E-state index in [1.54, 1.807) is 18.4 Å². The number of aliphatic imine (C=N–C) groups is 1. The lowest BCUT2D eigenvalue weighted by molar-refractivity contribution is 1.01. The van der Waals surface area contributed by atoms with Gasteiger partial charge in [0, 0.05) is 12.4 Å². The van der Waals surface area contributed by atoms with Gasteiger partial charge in [-0.15, -0.1) is 11.3 Å². The molecular weight excluding hydrogens is 160 g/mol. The molecule has 0 aliphatic heterocycles. The number of hydrogen-bond donors (Lipinski definition) is 2. The van der Waals surface area contributed by atoms with E-state index in [-0.39, 0.29) is 0 Å². The topological polar surface area (TPSA) is 63.3 Å². The molecule has 0 saturated heterocycles. The first-order chi connectivity index (χ1) is 5.27. The second-order valence-electron chi connectivity index (χ2n) is 1.97. The average Bonchev–Trinajstić information content (AvgIpc) is 2.39. The van der Waals surface area contributed by atoms with Crippen molar-refractivity contribution in [1.29, 1.82) is 0 Å². The van der Waals surface area contributed by atoms with Crippen molar-refractivity contribution < 1.29 is 0 Å². The molecule has 0 aliphatic rings. The van der Waals surface area contributed by atoms with Crippen LogP contribution in [0.5, 0.6) is 0 Å². The largest absolute Gasteiger partial charge is 0.307 e. The summed E-state index contributed by atoms with van der Waals surface area (Å²) in [6.45, 7) is 1.94. The summed E-state index contributed by atoms with van der Waals surface area (Å²) >= 11 is 1.58. The summed E-state index contributed by atoms with van der Waals surface area (Å²) in [5, 5.41) is 2.92. The summed E-state index contributed by atoms with van der Waals surface area (Å²) in [6.07, 6.45) is 0. The van der Waals surface area contributed by atoms with Gasteiger partial charge < -0.3 is 5.43 Å². The molecule has 0 fully saturated rings. The predicted molar refractivity (Wildman–Crippen MR) is 46.6 cm³/mol. The van der Waals surface area contributed by atoms with Crippen molar-refractivity contribution in [2.75, 3.05) is 7.05 Å². The van der Waals surface area contributed by atoms with E-state index >= 15 is 0 Å². The highest BCUT2D eigenvalue weighted by molar-refractivity contribution is 7.09. The summed E-state index contributed by atoms with van der Waals surface area (Å²) < 4.78 is 0. The highest BCUT2D eigenvalue weighted by Gasteiger charge is 2.03. The molecule has 5 heteroatoms. The van der Waals surface area contributed by atoms with E-state index in [0.29, 0.717) is 5.84 Å². The predicted octanol–water partition coefficient (Wildman–Crippen LogP) is 0.291. The summed E-state index contributed by atoms with van der Waals surface area (Å²) in [5.41, 5.74) is 3.28. The molecule has 1 rings (SSSR count). The molecule has 60 valence electrons. The zero-order chi connectivity index (χ0) is 8.27. The van der Waals surface area contributed by atoms with Crippen molar-refractivity contribution >= 4 is 17.2 Å². The Balaban J connectivity index is 2.91. The molecule has 0 unspecified atom stereocenters.